The van der Waals surface area contributed by atoms with Crippen molar-refractivity contribution in [2.75, 3.05) is 14.1 Å². The third kappa shape index (κ3) is 1.81. The van der Waals surface area contributed by atoms with Gasteiger partial charge in [-0.05, 0) is 6.92 Å². The molecule has 1 N–H and O–H groups in total. The molecule has 0 saturated carbocycles. The van der Waals surface area contributed by atoms with Crippen molar-refractivity contribution >= 4 is 17.2 Å². The van der Waals surface area contributed by atoms with Gasteiger partial charge in [-0.25, -0.2) is 4.98 Å². The highest BCUT2D eigenvalue weighted by Gasteiger charge is 2.18. The van der Waals surface area contributed by atoms with Crippen molar-refractivity contribution in [3.63, 3.8) is 0 Å². The second-order valence-corrected chi connectivity index (χ2v) is 4.68. The second-order valence-electron chi connectivity index (χ2n) is 3.48. The quantitative estimate of drug-likeness (QED) is 0.843. The fraction of sp³-hybridized carbons (Fsp3) is 0.333. The Hall–Kier alpha value is -1.76. The Balaban J connectivity index is 2.40. The predicted molar refractivity (Wildman–Crippen MR) is 60.2 cm³/mol. The Bertz CT molecular complexity index is 502. The lowest BCUT2D eigenvalue weighted by molar-refractivity contribution is 0.0822. The Labute approximate surface area is 96.3 Å². The summed E-state index contributed by atoms with van der Waals surface area (Å²) in [4.78, 5) is 18.4. The van der Waals surface area contributed by atoms with Gasteiger partial charge in [0.1, 0.15) is 16.4 Å². The topological polar surface area (TPSA) is 74.8 Å². The van der Waals surface area contributed by atoms with Gasteiger partial charge in [0.05, 0.1) is 6.20 Å². The van der Waals surface area contributed by atoms with Crippen LogP contribution in [-0.2, 0) is 0 Å². The minimum atomic E-state index is -0.0940. The summed E-state index contributed by atoms with van der Waals surface area (Å²) in [5.41, 5.74) is 1.14. The predicted octanol–water partition coefficient (Wildman–Crippen LogP) is 0.938. The van der Waals surface area contributed by atoms with E-state index in [1.165, 1.54) is 16.2 Å². The zero-order chi connectivity index (χ0) is 11.7. The first kappa shape index (κ1) is 10.7. The Morgan fingerprint density at radius 3 is 2.81 bits per heavy atom. The summed E-state index contributed by atoms with van der Waals surface area (Å²) in [5.74, 6) is -0.0940. The number of nitrogens with zero attached hydrogens (tertiary/aromatic N) is 4. The molecule has 2 aromatic rings. The molecule has 0 spiro atoms. The molecule has 2 rings (SSSR count). The lowest BCUT2D eigenvalue weighted by Crippen LogP contribution is -2.22. The van der Waals surface area contributed by atoms with Crippen molar-refractivity contribution in [1.29, 1.82) is 0 Å². The second kappa shape index (κ2) is 4.01. The van der Waals surface area contributed by atoms with Crippen molar-refractivity contribution in [2.45, 2.75) is 6.92 Å². The molecule has 0 aliphatic rings. The molecule has 16 heavy (non-hydrogen) atoms. The number of amides is 1. The Morgan fingerprint density at radius 1 is 1.50 bits per heavy atom. The van der Waals surface area contributed by atoms with E-state index in [9.17, 15) is 4.79 Å². The summed E-state index contributed by atoms with van der Waals surface area (Å²) in [6.07, 6.45) is 1.59. The monoisotopic (exact) mass is 237 g/mol. The van der Waals surface area contributed by atoms with Crippen LogP contribution in [0.4, 0.5) is 0 Å². The molecule has 2 heterocycles. The van der Waals surface area contributed by atoms with E-state index in [1.807, 2.05) is 6.92 Å². The van der Waals surface area contributed by atoms with E-state index in [0.717, 1.165) is 4.88 Å². The van der Waals surface area contributed by atoms with Crippen molar-refractivity contribution in [3.8, 4) is 10.7 Å². The van der Waals surface area contributed by atoms with Gasteiger partial charge in [0.15, 0.2) is 0 Å². The number of H-pyrrole nitrogens is 1. The summed E-state index contributed by atoms with van der Waals surface area (Å²) in [7, 11) is 3.41. The number of aromatic amines is 1. The highest BCUT2D eigenvalue weighted by molar-refractivity contribution is 7.15. The highest BCUT2D eigenvalue weighted by atomic mass is 32.1. The highest BCUT2D eigenvalue weighted by Crippen LogP contribution is 2.25. The zero-order valence-electron chi connectivity index (χ0n) is 9.18. The van der Waals surface area contributed by atoms with Crippen molar-refractivity contribution in [3.05, 3.63) is 16.8 Å². The number of nitrogens with one attached hydrogen (secondary N) is 1. The smallest absolute Gasteiger partial charge is 0.273 e. The fourth-order valence-electron chi connectivity index (χ4n) is 1.22. The largest absolute Gasteiger partial charge is 0.343 e. The van der Waals surface area contributed by atoms with Gasteiger partial charge in [0.2, 0.25) is 0 Å². The van der Waals surface area contributed by atoms with Crippen LogP contribution in [0, 0.1) is 6.92 Å². The minimum Gasteiger partial charge on any atom is -0.343 e. The Kier molecular flexibility index (Phi) is 2.69. The molecule has 0 unspecified atom stereocenters. The van der Waals surface area contributed by atoms with Crippen LogP contribution in [0.15, 0.2) is 6.20 Å². The number of carbonyl (C=O) groups excluding carboxylic acids is 1. The summed E-state index contributed by atoms with van der Waals surface area (Å²) in [5, 5.41) is 10.9. The molecule has 0 fully saturated rings. The SMILES string of the molecule is Cc1sc(-c2cn[nH]n2)nc1C(=O)N(C)C. The molecule has 1 amide bonds. The van der Waals surface area contributed by atoms with Crippen LogP contribution in [0.1, 0.15) is 15.4 Å². The number of aryl methyl sites for hydroxylation is 1. The van der Waals surface area contributed by atoms with Crippen LogP contribution in [0.5, 0.6) is 0 Å². The van der Waals surface area contributed by atoms with E-state index in [0.29, 0.717) is 16.4 Å². The van der Waals surface area contributed by atoms with Gasteiger partial charge < -0.3 is 4.90 Å². The third-order valence-corrected chi connectivity index (χ3v) is 3.03. The summed E-state index contributed by atoms with van der Waals surface area (Å²) in [6.45, 7) is 1.87. The van der Waals surface area contributed by atoms with Crippen LogP contribution >= 0.6 is 11.3 Å². The number of rotatable bonds is 2. The maximum absolute atomic E-state index is 11.8. The number of hydrogen-bond donors (Lipinski definition) is 1. The molecular weight excluding hydrogens is 226 g/mol. The molecule has 0 aliphatic carbocycles. The summed E-state index contributed by atoms with van der Waals surface area (Å²) >= 11 is 1.44. The maximum Gasteiger partial charge on any atom is 0.273 e. The first-order valence-electron chi connectivity index (χ1n) is 4.65. The third-order valence-electron chi connectivity index (χ3n) is 2.04. The molecule has 0 radical (unpaired) electrons. The van der Waals surface area contributed by atoms with Crippen molar-refractivity contribution in [2.24, 2.45) is 0 Å². The van der Waals surface area contributed by atoms with Crippen LogP contribution in [0.3, 0.4) is 0 Å². The maximum atomic E-state index is 11.8. The minimum absolute atomic E-state index is 0.0940. The normalized spacial score (nSPS) is 10.4. The van der Waals surface area contributed by atoms with Gasteiger partial charge in [0.25, 0.3) is 5.91 Å². The van der Waals surface area contributed by atoms with Gasteiger partial charge in [-0.15, -0.1) is 11.3 Å². The molecule has 2 aromatic heterocycles. The van der Waals surface area contributed by atoms with Gasteiger partial charge in [0, 0.05) is 19.0 Å². The summed E-state index contributed by atoms with van der Waals surface area (Å²) in [6, 6.07) is 0. The van der Waals surface area contributed by atoms with E-state index in [2.05, 4.69) is 20.4 Å². The first-order valence-corrected chi connectivity index (χ1v) is 5.46. The molecule has 0 bridgehead atoms. The number of aromatic nitrogens is 4. The van der Waals surface area contributed by atoms with Crippen LogP contribution in [0.2, 0.25) is 0 Å². The Morgan fingerprint density at radius 2 is 2.25 bits per heavy atom. The molecule has 7 heteroatoms. The molecule has 0 aliphatic heterocycles. The number of thiazole rings is 1. The summed E-state index contributed by atoms with van der Waals surface area (Å²) < 4.78 is 0. The van der Waals surface area contributed by atoms with Gasteiger partial charge >= 0.3 is 0 Å². The van der Waals surface area contributed by atoms with Crippen LogP contribution < -0.4 is 0 Å². The fourth-order valence-corrected chi connectivity index (χ4v) is 2.08. The molecule has 0 atom stereocenters. The van der Waals surface area contributed by atoms with Crippen molar-refractivity contribution < 1.29 is 4.79 Å². The molecule has 0 aromatic carbocycles. The van der Waals surface area contributed by atoms with Gasteiger partial charge in [-0.3, -0.25) is 4.79 Å². The van der Waals surface area contributed by atoms with E-state index in [-0.39, 0.29) is 5.91 Å². The number of hydrogen-bond acceptors (Lipinski definition) is 5. The van der Waals surface area contributed by atoms with Gasteiger partial charge in [-0.1, -0.05) is 0 Å². The van der Waals surface area contributed by atoms with Gasteiger partial charge in [-0.2, -0.15) is 15.4 Å². The standard InChI is InChI=1S/C9H11N5OS/c1-5-7(9(15)14(2)3)11-8(16-5)6-4-10-13-12-6/h4H,1-3H3,(H,10,12,13). The average Bonchev–Trinajstić information content (AvgIpc) is 2.84. The molecule has 0 saturated heterocycles. The lowest BCUT2D eigenvalue weighted by atomic mass is 10.3. The molecule has 6 nitrogen and oxygen atoms in total. The van der Waals surface area contributed by atoms with E-state index < -0.39 is 0 Å². The van der Waals surface area contributed by atoms with E-state index >= 15 is 0 Å². The first-order chi connectivity index (χ1) is 7.59. The van der Waals surface area contributed by atoms with Crippen molar-refractivity contribution in [1.82, 2.24) is 25.3 Å². The van der Waals surface area contributed by atoms with E-state index in [4.69, 9.17) is 0 Å². The average molecular weight is 237 g/mol. The van der Waals surface area contributed by atoms with E-state index in [1.54, 1.807) is 20.3 Å². The molecule has 84 valence electrons. The zero-order valence-corrected chi connectivity index (χ0v) is 10.00. The molecular formula is C9H11N5OS. The number of carbonyl (C=O) groups is 1. The lowest BCUT2D eigenvalue weighted by Gasteiger charge is -2.07. The van der Waals surface area contributed by atoms with Crippen LogP contribution in [0.25, 0.3) is 10.7 Å². The van der Waals surface area contributed by atoms with Crippen LogP contribution in [-0.4, -0.2) is 45.3 Å².